The van der Waals surface area contributed by atoms with Gasteiger partial charge in [0, 0.05) is 17.7 Å². The molecular formula is C15H20N6O2. The van der Waals surface area contributed by atoms with Gasteiger partial charge in [-0.1, -0.05) is 19.1 Å². The van der Waals surface area contributed by atoms with Crippen LogP contribution in [-0.2, 0) is 11.3 Å². The molecule has 0 amide bonds. The number of aromatic amines is 1. The zero-order valence-corrected chi connectivity index (χ0v) is 13.7. The van der Waals surface area contributed by atoms with E-state index >= 15 is 0 Å². The average Bonchev–Trinajstić information content (AvgIpc) is 2.94. The molecule has 122 valence electrons. The van der Waals surface area contributed by atoms with Gasteiger partial charge in [-0.15, -0.1) is 5.10 Å². The summed E-state index contributed by atoms with van der Waals surface area (Å²) in [6, 6.07) is 5.60. The number of nitrogens with zero attached hydrogens (tertiary/aromatic N) is 5. The third-order valence-corrected chi connectivity index (χ3v) is 3.13. The Bertz CT molecular complexity index is 783. The molecule has 8 heteroatoms. The van der Waals surface area contributed by atoms with Crippen molar-refractivity contribution in [3.8, 4) is 5.69 Å². The minimum Gasteiger partial charge on any atom is -0.475 e. The second-order valence-electron chi connectivity index (χ2n) is 5.17. The maximum atomic E-state index is 11.8. The molecule has 0 saturated carbocycles. The highest BCUT2D eigenvalue weighted by molar-refractivity contribution is 5.81. The maximum absolute atomic E-state index is 11.8. The SMILES string of the molecule is CC/C(=N\N=C(C)C)OCc1c(C)cccc1-n1nn[nH]c1=O. The van der Waals surface area contributed by atoms with Gasteiger partial charge >= 0.3 is 5.69 Å². The largest absolute Gasteiger partial charge is 0.475 e. The summed E-state index contributed by atoms with van der Waals surface area (Å²) in [7, 11) is 0. The first kappa shape index (κ1) is 16.6. The van der Waals surface area contributed by atoms with E-state index in [0.29, 0.717) is 18.0 Å². The molecule has 1 aromatic heterocycles. The van der Waals surface area contributed by atoms with Crippen LogP contribution in [0.4, 0.5) is 0 Å². The normalized spacial score (nSPS) is 11.4. The third-order valence-electron chi connectivity index (χ3n) is 3.13. The summed E-state index contributed by atoms with van der Waals surface area (Å²) in [5.74, 6) is 0.535. The molecule has 0 aliphatic heterocycles. The minimum atomic E-state index is -0.396. The summed E-state index contributed by atoms with van der Waals surface area (Å²) in [5.41, 5.74) is 2.93. The van der Waals surface area contributed by atoms with Crippen LogP contribution in [0.15, 0.2) is 33.2 Å². The van der Waals surface area contributed by atoms with Crippen LogP contribution in [0.1, 0.15) is 38.3 Å². The van der Waals surface area contributed by atoms with E-state index in [1.807, 2.05) is 39.8 Å². The molecule has 0 radical (unpaired) electrons. The molecule has 1 heterocycles. The highest BCUT2D eigenvalue weighted by Gasteiger charge is 2.12. The number of hydrogen-bond acceptors (Lipinski definition) is 6. The monoisotopic (exact) mass is 316 g/mol. The van der Waals surface area contributed by atoms with Crippen molar-refractivity contribution in [3.05, 3.63) is 39.8 Å². The number of rotatable bonds is 5. The number of hydrogen-bond donors (Lipinski definition) is 1. The van der Waals surface area contributed by atoms with Crippen LogP contribution in [0.3, 0.4) is 0 Å². The molecule has 1 N–H and O–H groups in total. The fraction of sp³-hybridized carbons (Fsp3) is 0.400. The smallest absolute Gasteiger partial charge is 0.365 e. The summed E-state index contributed by atoms with van der Waals surface area (Å²) >= 11 is 0. The number of H-pyrrole nitrogens is 1. The Kier molecular flexibility index (Phi) is 5.40. The highest BCUT2D eigenvalue weighted by atomic mass is 16.5. The highest BCUT2D eigenvalue weighted by Crippen LogP contribution is 2.18. The topological polar surface area (TPSA) is 97.5 Å². The molecule has 2 aromatic rings. The lowest BCUT2D eigenvalue weighted by molar-refractivity contribution is 0.282. The summed E-state index contributed by atoms with van der Waals surface area (Å²) < 4.78 is 6.97. The van der Waals surface area contributed by atoms with E-state index in [4.69, 9.17) is 4.74 Å². The van der Waals surface area contributed by atoms with Crippen LogP contribution in [0.5, 0.6) is 0 Å². The fourth-order valence-corrected chi connectivity index (χ4v) is 1.94. The van der Waals surface area contributed by atoms with Crippen LogP contribution in [0.25, 0.3) is 5.69 Å². The van der Waals surface area contributed by atoms with Gasteiger partial charge in [0.1, 0.15) is 6.61 Å². The molecule has 0 fully saturated rings. The van der Waals surface area contributed by atoms with Crippen LogP contribution < -0.4 is 5.69 Å². The lowest BCUT2D eigenvalue weighted by atomic mass is 10.1. The zero-order chi connectivity index (χ0) is 16.8. The average molecular weight is 316 g/mol. The van der Waals surface area contributed by atoms with E-state index in [1.165, 1.54) is 4.68 Å². The second kappa shape index (κ2) is 7.48. The van der Waals surface area contributed by atoms with Crippen molar-refractivity contribution in [3.63, 3.8) is 0 Å². The molecule has 23 heavy (non-hydrogen) atoms. The van der Waals surface area contributed by atoms with Gasteiger partial charge < -0.3 is 4.74 Å². The Morgan fingerprint density at radius 3 is 2.74 bits per heavy atom. The Morgan fingerprint density at radius 2 is 2.13 bits per heavy atom. The molecule has 0 saturated heterocycles. The first-order valence-electron chi connectivity index (χ1n) is 7.32. The van der Waals surface area contributed by atoms with Gasteiger partial charge in [-0.25, -0.2) is 9.89 Å². The van der Waals surface area contributed by atoms with Crippen molar-refractivity contribution in [2.45, 2.75) is 40.7 Å². The van der Waals surface area contributed by atoms with Gasteiger partial charge in [0.15, 0.2) is 0 Å². The summed E-state index contributed by atoms with van der Waals surface area (Å²) in [6.45, 7) is 7.90. The van der Waals surface area contributed by atoms with Gasteiger partial charge in [-0.05, 0) is 42.8 Å². The molecular weight excluding hydrogens is 296 g/mol. The van der Waals surface area contributed by atoms with Crippen molar-refractivity contribution in [2.75, 3.05) is 0 Å². The van der Waals surface area contributed by atoms with Gasteiger partial charge in [0.25, 0.3) is 0 Å². The van der Waals surface area contributed by atoms with E-state index in [1.54, 1.807) is 6.07 Å². The summed E-state index contributed by atoms with van der Waals surface area (Å²) in [6.07, 6.45) is 0.627. The van der Waals surface area contributed by atoms with E-state index in [0.717, 1.165) is 16.8 Å². The number of ether oxygens (including phenoxy) is 1. The Labute approximate surface area is 133 Å². The van der Waals surface area contributed by atoms with Crippen LogP contribution >= 0.6 is 0 Å². The molecule has 0 spiro atoms. The van der Waals surface area contributed by atoms with Crippen LogP contribution in [-0.4, -0.2) is 31.8 Å². The molecule has 0 bridgehead atoms. The van der Waals surface area contributed by atoms with Crippen molar-refractivity contribution in [2.24, 2.45) is 10.2 Å². The fourth-order valence-electron chi connectivity index (χ4n) is 1.94. The van der Waals surface area contributed by atoms with Crippen molar-refractivity contribution < 1.29 is 4.74 Å². The lowest BCUT2D eigenvalue weighted by Gasteiger charge is -2.13. The van der Waals surface area contributed by atoms with Crippen LogP contribution in [0, 0.1) is 6.92 Å². The van der Waals surface area contributed by atoms with Crippen molar-refractivity contribution in [1.82, 2.24) is 20.2 Å². The van der Waals surface area contributed by atoms with E-state index < -0.39 is 5.69 Å². The number of benzene rings is 1. The summed E-state index contributed by atoms with van der Waals surface area (Å²) in [5, 5.41) is 17.7. The van der Waals surface area contributed by atoms with E-state index in [-0.39, 0.29) is 6.61 Å². The number of tetrazole rings is 1. The van der Waals surface area contributed by atoms with Crippen LogP contribution in [0.2, 0.25) is 0 Å². The van der Waals surface area contributed by atoms with E-state index in [2.05, 4.69) is 25.7 Å². The molecule has 0 atom stereocenters. The standard InChI is InChI=1S/C15H20N6O2/c1-5-14(17-16-10(2)3)23-9-12-11(4)7-6-8-13(12)21-15(22)18-19-20-21/h6-8H,5,9H2,1-4H3,(H,18,20,22)/b17-14+. The molecule has 8 nitrogen and oxygen atoms in total. The van der Waals surface area contributed by atoms with Gasteiger partial charge in [0.2, 0.25) is 5.90 Å². The van der Waals surface area contributed by atoms with E-state index in [9.17, 15) is 4.79 Å². The van der Waals surface area contributed by atoms with Gasteiger partial charge in [-0.3, -0.25) is 0 Å². The van der Waals surface area contributed by atoms with Gasteiger partial charge in [-0.2, -0.15) is 9.78 Å². The first-order chi connectivity index (χ1) is 11.0. The Hall–Kier alpha value is -2.77. The van der Waals surface area contributed by atoms with Crippen molar-refractivity contribution >= 4 is 11.6 Å². The Morgan fingerprint density at radius 1 is 1.35 bits per heavy atom. The Balaban J connectivity index is 2.30. The predicted octanol–water partition coefficient (Wildman–Crippen LogP) is 1.98. The number of aromatic nitrogens is 4. The van der Waals surface area contributed by atoms with Gasteiger partial charge in [0.05, 0.1) is 5.69 Å². The molecule has 0 aliphatic carbocycles. The number of nitrogens with one attached hydrogen (secondary N) is 1. The zero-order valence-electron chi connectivity index (χ0n) is 13.7. The third kappa shape index (κ3) is 4.12. The molecule has 0 aliphatic rings. The molecule has 1 aromatic carbocycles. The predicted molar refractivity (Wildman–Crippen MR) is 88.0 cm³/mol. The lowest BCUT2D eigenvalue weighted by Crippen LogP contribution is -2.18. The molecule has 2 rings (SSSR count). The maximum Gasteiger partial charge on any atom is 0.365 e. The number of aryl methyl sites for hydroxylation is 1. The quantitative estimate of drug-likeness (QED) is 0.518. The summed E-state index contributed by atoms with van der Waals surface area (Å²) in [4.78, 5) is 11.8. The minimum absolute atomic E-state index is 0.270. The first-order valence-corrected chi connectivity index (χ1v) is 7.32. The van der Waals surface area contributed by atoms with Crippen molar-refractivity contribution in [1.29, 1.82) is 0 Å². The molecule has 0 unspecified atom stereocenters. The second-order valence-corrected chi connectivity index (χ2v) is 5.17.